The van der Waals surface area contributed by atoms with E-state index in [-0.39, 0.29) is 17.0 Å². The fraction of sp³-hybridized carbons (Fsp3) is 0.529. The molecule has 0 bridgehead atoms. The lowest BCUT2D eigenvalue weighted by molar-refractivity contribution is 0.545. The molecule has 0 saturated carbocycles. The molecule has 0 saturated heterocycles. The topological polar surface area (TPSA) is 34.1 Å². The first kappa shape index (κ1) is 16.8. The van der Waals surface area contributed by atoms with Crippen molar-refractivity contribution in [3.8, 4) is 0 Å². The van der Waals surface area contributed by atoms with Crippen LogP contribution in [0, 0.1) is 0 Å². The number of hydrogen-bond donors (Lipinski definition) is 0. The number of allylic oxidation sites excluding steroid dienone is 2. The largest absolute Gasteiger partial charge is 0.323 e. The molecule has 0 heterocycles. The quantitative estimate of drug-likeness (QED) is 0.589. The summed E-state index contributed by atoms with van der Waals surface area (Å²) in [6.45, 7) is 7.74. The molecule has 1 aliphatic carbocycles. The Morgan fingerprint density at radius 1 is 1.10 bits per heavy atom. The molecule has 1 aromatic rings. The molecule has 4 heteroatoms. The van der Waals surface area contributed by atoms with Gasteiger partial charge in [0.1, 0.15) is 7.14 Å². The third-order valence-electron chi connectivity index (χ3n) is 4.49. The zero-order valence-electron chi connectivity index (χ0n) is 13.4. The monoisotopic (exact) mass is 324 g/mol. The highest BCUT2D eigenvalue weighted by Crippen LogP contribution is 2.63. The van der Waals surface area contributed by atoms with Gasteiger partial charge in [0, 0.05) is 22.3 Å². The lowest BCUT2D eigenvalue weighted by atomic mass is 10.1. The van der Waals surface area contributed by atoms with Crippen molar-refractivity contribution in [2.45, 2.75) is 43.7 Å². The minimum absolute atomic E-state index is 0.00531. The highest BCUT2D eigenvalue weighted by molar-refractivity contribution is 7.74. The summed E-state index contributed by atoms with van der Waals surface area (Å²) in [5.74, 6) is 0. The van der Waals surface area contributed by atoms with Crippen LogP contribution in [-0.2, 0) is 9.13 Å². The van der Waals surface area contributed by atoms with Gasteiger partial charge in [-0.1, -0.05) is 56.3 Å². The minimum Gasteiger partial charge on any atom is -0.323 e. The van der Waals surface area contributed by atoms with E-state index in [0.717, 1.165) is 18.1 Å². The van der Waals surface area contributed by atoms with Crippen molar-refractivity contribution in [2.75, 3.05) is 13.3 Å². The van der Waals surface area contributed by atoms with E-state index in [1.807, 2.05) is 57.5 Å². The van der Waals surface area contributed by atoms with Gasteiger partial charge in [-0.15, -0.1) is 0 Å². The molecule has 116 valence electrons. The molecule has 0 fully saturated rings. The molecule has 21 heavy (non-hydrogen) atoms. The highest BCUT2D eigenvalue weighted by atomic mass is 31.2. The Hall–Kier alpha value is -0.580. The summed E-state index contributed by atoms with van der Waals surface area (Å²) < 4.78 is 26.7. The maximum Gasteiger partial charge on any atom is 0.121 e. The zero-order valence-corrected chi connectivity index (χ0v) is 15.2. The molecule has 2 nitrogen and oxygen atoms in total. The first-order chi connectivity index (χ1) is 9.78. The summed E-state index contributed by atoms with van der Waals surface area (Å²) in [5.41, 5.74) is 0.0240. The average molecular weight is 324 g/mol. The molecule has 0 N–H and O–H groups in total. The SMILES string of the molecule is CC(C)P(=O)(c1ccccc1)[C@@H]1CCC=C[C@H]1P(C)(C)=O. The van der Waals surface area contributed by atoms with Crippen molar-refractivity contribution >= 4 is 19.6 Å². The van der Waals surface area contributed by atoms with Gasteiger partial charge in [-0.05, 0) is 26.2 Å². The van der Waals surface area contributed by atoms with Gasteiger partial charge in [-0.2, -0.15) is 0 Å². The summed E-state index contributed by atoms with van der Waals surface area (Å²) in [6, 6.07) is 9.82. The number of benzene rings is 1. The lowest BCUT2D eigenvalue weighted by Crippen LogP contribution is -2.33. The molecule has 0 aliphatic heterocycles. The fourth-order valence-corrected chi connectivity index (χ4v) is 9.92. The van der Waals surface area contributed by atoms with Gasteiger partial charge in [-0.3, -0.25) is 0 Å². The summed E-state index contributed by atoms with van der Waals surface area (Å²) in [6.07, 6.45) is 5.98. The molecule has 3 atom stereocenters. The van der Waals surface area contributed by atoms with Crippen LogP contribution < -0.4 is 5.30 Å². The predicted molar refractivity (Wildman–Crippen MR) is 94.2 cm³/mol. The Bertz CT molecular complexity index is 598. The van der Waals surface area contributed by atoms with E-state index in [9.17, 15) is 9.13 Å². The molecular formula is C17H26O2P2. The Kier molecular flexibility index (Phi) is 5.01. The summed E-state index contributed by atoms with van der Waals surface area (Å²) in [5, 5.41) is 0.943. The average Bonchev–Trinajstić information content (AvgIpc) is 2.46. The standard InChI is InChI=1S/C17H26O2P2/c1-14(2)21(19,15-10-6-5-7-11-15)17-13-9-8-12-16(17)20(3,4)18/h5-8,10-12,14,16-17H,9,13H2,1-4H3/t16-,17-,21?/m1/s1. The molecular weight excluding hydrogens is 298 g/mol. The molecule has 1 aliphatic rings. The van der Waals surface area contributed by atoms with Gasteiger partial charge >= 0.3 is 0 Å². The zero-order chi connectivity index (χ0) is 15.7. The van der Waals surface area contributed by atoms with Crippen molar-refractivity contribution in [1.82, 2.24) is 0 Å². The third-order valence-corrected chi connectivity index (χ3v) is 10.9. The molecule has 1 unspecified atom stereocenters. The summed E-state index contributed by atoms with van der Waals surface area (Å²) >= 11 is 0. The third kappa shape index (κ3) is 3.27. The first-order valence-corrected chi connectivity index (χ1v) is 12.2. The number of rotatable bonds is 4. The van der Waals surface area contributed by atoms with E-state index in [1.54, 1.807) is 0 Å². The second kappa shape index (κ2) is 6.27. The van der Waals surface area contributed by atoms with Crippen LogP contribution in [0.15, 0.2) is 42.5 Å². The van der Waals surface area contributed by atoms with Crippen molar-refractivity contribution in [3.63, 3.8) is 0 Å². The lowest BCUT2D eigenvalue weighted by Gasteiger charge is -2.38. The van der Waals surface area contributed by atoms with Gasteiger partial charge in [0.15, 0.2) is 0 Å². The van der Waals surface area contributed by atoms with Crippen LogP contribution in [-0.4, -0.2) is 30.3 Å². The van der Waals surface area contributed by atoms with Crippen LogP contribution in [0.4, 0.5) is 0 Å². The minimum atomic E-state index is -2.60. The van der Waals surface area contributed by atoms with Crippen molar-refractivity contribution < 1.29 is 9.13 Å². The van der Waals surface area contributed by atoms with E-state index < -0.39 is 14.3 Å². The highest BCUT2D eigenvalue weighted by Gasteiger charge is 2.45. The molecule has 1 aromatic carbocycles. The first-order valence-electron chi connectivity index (χ1n) is 7.64. The smallest absolute Gasteiger partial charge is 0.121 e. The van der Waals surface area contributed by atoms with Gasteiger partial charge in [-0.25, -0.2) is 0 Å². The Morgan fingerprint density at radius 3 is 2.24 bits per heavy atom. The van der Waals surface area contributed by atoms with Crippen LogP contribution in [0.3, 0.4) is 0 Å². The Balaban J connectivity index is 2.55. The van der Waals surface area contributed by atoms with Gasteiger partial charge < -0.3 is 9.13 Å². The number of hydrogen-bond acceptors (Lipinski definition) is 2. The van der Waals surface area contributed by atoms with Gasteiger partial charge in [0.05, 0.1) is 7.14 Å². The van der Waals surface area contributed by atoms with Crippen LogP contribution in [0.25, 0.3) is 0 Å². The molecule has 0 radical (unpaired) electrons. The molecule has 0 amide bonds. The van der Waals surface area contributed by atoms with Crippen molar-refractivity contribution in [2.24, 2.45) is 0 Å². The Morgan fingerprint density at radius 2 is 1.71 bits per heavy atom. The van der Waals surface area contributed by atoms with E-state index in [1.165, 1.54) is 0 Å². The van der Waals surface area contributed by atoms with Crippen LogP contribution >= 0.6 is 14.3 Å². The van der Waals surface area contributed by atoms with Crippen LogP contribution in [0.2, 0.25) is 0 Å². The van der Waals surface area contributed by atoms with Crippen molar-refractivity contribution in [3.05, 3.63) is 42.5 Å². The normalized spacial score (nSPS) is 25.8. The summed E-state index contributed by atoms with van der Waals surface area (Å²) in [7, 11) is -4.91. The van der Waals surface area contributed by atoms with E-state index in [0.29, 0.717) is 0 Å². The molecule has 0 spiro atoms. The van der Waals surface area contributed by atoms with E-state index in [4.69, 9.17) is 0 Å². The van der Waals surface area contributed by atoms with Crippen LogP contribution in [0.5, 0.6) is 0 Å². The van der Waals surface area contributed by atoms with Gasteiger partial charge in [0.25, 0.3) is 0 Å². The second-order valence-corrected chi connectivity index (χ2v) is 13.7. The molecule has 0 aromatic heterocycles. The maximum absolute atomic E-state index is 14.0. The maximum atomic E-state index is 14.0. The van der Waals surface area contributed by atoms with E-state index in [2.05, 4.69) is 12.2 Å². The predicted octanol–water partition coefficient (Wildman–Crippen LogP) is 4.79. The van der Waals surface area contributed by atoms with Crippen LogP contribution in [0.1, 0.15) is 26.7 Å². The van der Waals surface area contributed by atoms with Crippen molar-refractivity contribution in [1.29, 1.82) is 0 Å². The fourth-order valence-electron chi connectivity index (χ4n) is 3.38. The van der Waals surface area contributed by atoms with E-state index >= 15 is 0 Å². The molecule has 2 rings (SSSR count). The van der Waals surface area contributed by atoms with Gasteiger partial charge in [0.2, 0.25) is 0 Å². The Labute approximate surface area is 128 Å². The second-order valence-electron chi connectivity index (χ2n) is 6.64. The summed E-state index contributed by atoms with van der Waals surface area (Å²) in [4.78, 5) is 0.